The number of alkyl halides is 1. The normalized spacial score (nSPS) is 25.8. The highest BCUT2D eigenvalue weighted by atomic mass is 79.9. The lowest BCUT2D eigenvalue weighted by molar-refractivity contribution is 0.179. The maximum absolute atomic E-state index is 9.20. The van der Waals surface area contributed by atoms with Gasteiger partial charge in [0, 0.05) is 25.0 Å². The summed E-state index contributed by atoms with van der Waals surface area (Å²) in [4.78, 5) is 2.23. The van der Waals surface area contributed by atoms with Crippen molar-refractivity contribution in [3.05, 3.63) is 12.2 Å². The summed E-state index contributed by atoms with van der Waals surface area (Å²) in [6.45, 7) is 6.63. The molecule has 0 aromatic heterocycles. The minimum atomic E-state index is -0.113. The molecule has 1 heterocycles. The summed E-state index contributed by atoms with van der Waals surface area (Å²) in [5.74, 6) is 0. The highest BCUT2D eigenvalue weighted by Gasteiger charge is 2.19. The molecule has 0 spiro atoms. The molecule has 1 fully saturated rings. The van der Waals surface area contributed by atoms with Gasteiger partial charge in [0.2, 0.25) is 0 Å². The van der Waals surface area contributed by atoms with Gasteiger partial charge in [-0.2, -0.15) is 0 Å². The molecule has 3 heteroatoms. The van der Waals surface area contributed by atoms with Gasteiger partial charge < -0.3 is 5.11 Å². The van der Waals surface area contributed by atoms with Crippen LogP contribution in [0, 0.1) is 0 Å². The number of aliphatic hydroxyl groups excluding tert-OH is 1. The van der Waals surface area contributed by atoms with Crippen LogP contribution in [0.4, 0.5) is 0 Å². The Morgan fingerprint density at radius 3 is 2.91 bits per heavy atom. The molecule has 0 aromatic carbocycles. The van der Waals surface area contributed by atoms with E-state index in [4.69, 9.17) is 0 Å². The summed E-state index contributed by atoms with van der Waals surface area (Å²) in [5.41, 5.74) is 1.18. The number of β-amino-alcohol motifs (C(OH)–C–C–N with tert-alkyl or cyclic N) is 1. The van der Waals surface area contributed by atoms with Crippen LogP contribution in [-0.4, -0.2) is 41.1 Å². The monoisotopic (exact) mass is 219 g/mol. The zero-order valence-electron chi connectivity index (χ0n) is 6.59. The van der Waals surface area contributed by atoms with Crippen LogP contribution in [0.25, 0.3) is 0 Å². The number of halogens is 1. The summed E-state index contributed by atoms with van der Waals surface area (Å²) < 4.78 is 0. The first-order valence-electron chi connectivity index (χ1n) is 3.85. The fourth-order valence-corrected chi connectivity index (χ4v) is 1.49. The second kappa shape index (κ2) is 4.24. The molecule has 1 N–H and O–H groups in total. The van der Waals surface area contributed by atoms with Gasteiger partial charge in [0.05, 0.1) is 6.10 Å². The first-order valence-corrected chi connectivity index (χ1v) is 4.97. The number of hydrogen-bond acceptors (Lipinski definition) is 2. The molecule has 0 bridgehead atoms. The molecular weight excluding hydrogens is 206 g/mol. The van der Waals surface area contributed by atoms with Crippen LogP contribution in [-0.2, 0) is 0 Å². The van der Waals surface area contributed by atoms with Crippen LogP contribution in [0.1, 0.15) is 6.42 Å². The topological polar surface area (TPSA) is 23.5 Å². The van der Waals surface area contributed by atoms with E-state index in [1.54, 1.807) is 0 Å². The van der Waals surface area contributed by atoms with Crippen LogP contribution in [0.2, 0.25) is 0 Å². The first-order chi connectivity index (χ1) is 5.22. The van der Waals surface area contributed by atoms with Crippen molar-refractivity contribution in [1.29, 1.82) is 0 Å². The second-order valence-electron chi connectivity index (χ2n) is 3.06. The standard InChI is InChI=1S/C8H14BrNO/c1-7(4-9)5-10-3-2-8(11)6-10/h8,11H,1-6H2/t8-/m1/s1. The van der Waals surface area contributed by atoms with Gasteiger partial charge in [-0.25, -0.2) is 0 Å². The van der Waals surface area contributed by atoms with Gasteiger partial charge in [-0.3, -0.25) is 4.90 Å². The quantitative estimate of drug-likeness (QED) is 0.566. The summed E-state index contributed by atoms with van der Waals surface area (Å²) in [6.07, 6.45) is 0.799. The van der Waals surface area contributed by atoms with Gasteiger partial charge >= 0.3 is 0 Å². The van der Waals surface area contributed by atoms with Gasteiger partial charge in [-0.1, -0.05) is 28.1 Å². The number of rotatable bonds is 3. The van der Waals surface area contributed by atoms with Crippen molar-refractivity contribution in [3.63, 3.8) is 0 Å². The van der Waals surface area contributed by atoms with Crippen LogP contribution >= 0.6 is 15.9 Å². The van der Waals surface area contributed by atoms with E-state index in [0.29, 0.717) is 0 Å². The largest absolute Gasteiger partial charge is 0.392 e. The zero-order valence-corrected chi connectivity index (χ0v) is 8.18. The van der Waals surface area contributed by atoms with E-state index in [1.165, 1.54) is 5.57 Å². The molecular formula is C8H14BrNO. The first kappa shape index (κ1) is 9.23. The number of likely N-dealkylation sites (tertiary alicyclic amines) is 1. The predicted molar refractivity (Wildman–Crippen MR) is 50.0 cm³/mol. The fourth-order valence-electron chi connectivity index (χ4n) is 1.31. The molecule has 0 radical (unpaired) electrons. The smallest absolute Gasteiger partial charge is 0.0679 e. The van der Waals surface area contributed by atoms with Gasteiger partial charge in [-0.05, 0) is 6.42 Å². The van der Waals surface area contributed by atoms with E-state index in [2.05, 4.69) is 27.4 Å². The molecule has 0 unspecified atom stereocenters. The maximum Gasteiger partial charge on any atom is 0.0679 e. The molecule has 0 aliphatic carbocycles. The third kappa shape index (κ3) is 2.93. The van der Waals surface area contributed by atoms with Crippen molar-refractivity contribution in [3.8, 4) is 0 Å². The Hall–Kier alpha value is 0.140. The average Bonchev–Trinajstić information content (AvgIpc) is 2.35. The van der Waals surface area contributed by atoms with Crippen molar-refractivity contribution in [2.45, 2.75) is 12.5 Å². The number of nitrogens with zero attached hydrogens (tertiary/aromatic N) is 1. The van der Waals surface area contributed by atoms with Crippen molar-refractivity contribution >= 4 is 15.9 Å². The van der Waals surface area contributed by atoms with E-state index in [9.17, 15) is 5.11 Å². The Balaban J connectivity index is 2.23. The van der Waals surface area contributed by atoms with Crippen molar-refractivity contribution in [2.75, 3.05) is 25.0 Å². The Kier molecular flexibility index (Phi) is 3.55. The summed E-state index contributed by atoms with van der Waals surface area (Å²) in [7, 11) is 0. The molecule has 0 amide bonds. The predicted octanol–water partition coefficient (Wildman–Crippen LogP) is 1.00. The van der Waals surface area contributed by atoms with Crippen molar-refractivity contribution in [1.82, 2.24) is 4.90 Å². The van der Waals surface area contributed by atoms with E-state index in [1.807, 2.05) is 0 Å². The minimum Gasteiger partial charge on any atom is -0.392 e. The Morgan fingerprint density at radius 2 is 2.45 bits per heavy atom. The molecule has 0 saturated carbocycles. The molecule has 1 aliphatic rings. The van der Waals surface area contributed by atoms with Gasteiger partial charge in [0.25, 0.3) is 0 Å². The van der Waals surface area contributed by atoms with E-state index < -0.39 is 0 Å². The Morgan fingerprint density at radius 1 is 1.73 bits per heavy atom. The lowest BCUT2D eigenvalue weighted by Gasteiger charge is -2.14. The molecule has 0 aromatic rings. The van der Waals surface area contributed by atoms with Crippen LogP contribution in [0.3, 0.4) is 0 Å². The van der Waals surface area contributed by atoms with Crippen LogP contribution in [0.5, 0.6) is 0 Å². The second-order valence-corrected chi connectivity index (χ2v) is 3.62. The van der Waals surface area contributed by atoms with Crippen molar-refractivity contribution in [2.24, 2.45) is 0 Å². The lowest BCUT2D eigenvalue weighted by atomic mass is 10.3. The Bertz CT molecular complexity index is 149. The third-order valence-electron chi connectivity index (χ3n) is 1.88. The molecule has 64 valence electrons. The van der Waals surface area contributed by atoms with Gasteiger partial charge in [-0.15, -0.1) is 0 Å². The highest BCUT2D eigenvalue weighted by molar-refractivity contribution is 9.09. The summed E-state index contributed by atoms with van der Waals surface area (Å²) >= 11 is 3.35. The number of hydrogen-bond donors (Lipinski definition) is 1. The van der Waals surface area contributed by atoms with E-state index in [0.717, 1.165) is 31.4 Å². The summed E-state index contributed by atoms with van der Waals surface area (Å²) in [6, 6.07) is 0. The SMILES string of the molecule is C=C(CBr)CN1CC[C@@H](O)C1. The number of aliphatic hydroxyl groups is 1. The van der Waals surface area contributed by atoms with E-state index >= 15 is 0 Å². The summed E-state index contributed by atoms with van der Waals surface area (Å²) in [5, 5.41) is 10.1. The zero-order chi connectivity index (χ0) is 8.27. The van der Waals surface area contributed by atoms with E-state index in [-0.39, 0.29) is 6.10 Å². The third-order valence-corrected chi connectivity index (χ3v) is 2.68. The molecule has 2 nitrogen and oxygen atoms in total. The minimum absolute atomic E-state index is 0.113. The molecule has 1 saturated heterocycles. The maximum atomic E-state index is 9.20. The Labute approximate surface area is 76.0 Å². The average molecular weight is 220 g/mol. The van der Waals surface area contributed by atoms with Gasteiger partial charge in [0.1, 0.15) is 0 Å². The lowest BCUT2D eigenvalue weighted by Crippen LogP contribution is -2.24. The molecule has 1 rings (SSSR count). The van der Waals surface area contributed by atoms with Crippen LogP contribution in [0.15, 0.2) is 12.2 Å². The van der Waals surface area contributed by atoms with Crippen LogP contribution < -0.4 is 0 Å². The molecule has 1 aliphatic heterocycles. The molecule has 1 atom stereocenters. The van der Waals surface area contributed by atoms with Gasteiger partial charge in [0.15, 0.2) is 0 Å². The highest BCUT2D eigenvalue weighted by Crippen LogP contribution is 2.10. The fraction of sp³-hybridized carbons (Fsp3) is 0.750. The van der Waals surface area contributed by atoms with Crippen molar-refractivity contribution < 1.29 is 5.11 Å². The molecule has 11 heavy (non-hydrogen) atoms.